The molecule has 3 aromatic rings. The van der Waals surface area contributed by atoms with E-state index in [1.165, 1.54) is 6.21 Å². The van der Waals surface area contributed by atoms with Gasteiger partial charge in [-0.1, -0.05) is 33.6 Å². The summed E-state index contributed by atoms with van der Waals surface area (Å²) < 4.78 is 7.78. The molecule has 0 unspecified atom stereocenters. The van der Waals surface area contributed by atoms with Gasteiger partial charge in [0.05, 0.1) is 15.2 Å². The number of benzene rings is 3. The molecule has 0 spiro atoms. The smallest absolute Gasteiger partial charge is 0.271 e. The maximum Gasteiger partial charge on any atom is 0.271 e. The van der Waals surface area contributed by atoms with E-state index in [1.807, 2.05) is 13.0 Å². The number of carbonyl (C=O) groups excluding carboxylic acids is 2. The van der Waals surface area contributed by atoms with Crippen molar-refractivity contribution in [2.45, 2.75) is 6.92 Å². The van der Waals surface area contributed by atoms with Crippen molar-refractivity contribution >= 4 is 83.1 Å². The van der Waals surface area contributed by atoms with Gasteiger partial charge in [0, 0.05) is 20.7 Å². The normalized spacial score (nSPS) is 10.8. The Balaban J connectivity index is 1.58. The zero-order valence-electron chi connectivity index (χ0n) is 17.2. The molecule has 2 N–H and O–H groups in total. The topological polar surface area (TPSA) is 79.8 Å². The van der Waals surface area contributed by atoms with Crippen LogP contribution in [0.15, 0.2) is 73.1 Å². The summed E-state index contributed by atoms with van der Waals surface area (Å²) in [5.41, 5.74) is 5.20. The number of rotatable bonds is 7. The number of nitrogens with zero attached hydrogens (tertiary/aromatic N) is 1. The third kappa shape index (κ3) is 7.40. The molecular formula is C23H17Br3ClN3O3. The van der Waals surface area contributed by atoms with Crippen LogP contribution in [-0.4, -0.2) is 24.6 Å². The molecule has 0 bridgehead atoms. The first-order valence-corrected chi connectivity index (χ1v) is 12.3. The molecule has 2 amide bonds. The monoisotopic (exact) mass is 655 g/mol. The summed E-state index contributed by atoms with van der Waals surface area (Å²) in [7, 11) is 0. The first-order valence-electron chi connectivity index (χ1n) is 9.50. The van der Waals surface area contributed by atoms with Crippen molar-refractivity contribution in [3.63, 3.8) is 0 Å². The highest BCUT2D eigenvalue weighted by Crippen LogP contribution is 2.34. The molecule has 170 valence electrons. The van der Waals surface area contributed by atoms with Gasteiger partial charge in [0.25, 0.3) is 11.8 Å². The van der Waals surface area contributed by atoms with Gasteiger partial charge >= 0.3 is 0 Å². The number of carbonyl (C=O) groups is 2. The van der Waals surface area contributed by atoms with Crippen LogP contribution in [0.5, 0.6) is 5.75 Å². The van der Waals surface area contributed by atoms with E-state index in [2.05, 4.69) is 63.6 Å². The van der Waals surface area contributed by atoms with E-state index in [-0.39, 0.29) is 18.4 Å². The van der Waals surface area contributed by atoms with Crippen molar-refractivity contribution in [1.82, 2.24) is 5.43 Å². The Hall–Kier alpha value is -2.20. The number of aryl methyl sites for hydroxylation is 1. The number of amides is 2. The molecule has 0 aliphatic heterocycles. The van der Waals surface area contributed by atoms with Crippen LogP contribution in [0.4, 0.5) is 5.69 Å². The van der Waals surface area contributed by atoms with Gasteiger partial charge in [-0.3, -0.25) is 9.59 Å². The second kappa shape index (κ2) is 11.8. The number of nitrogens with one attached hydrogen (secondary N) is 2. The highest BCUT2D eigenvalue weighted by Gasteiger charge is 2.12. The molecule has 0 radical (unpaired) electrons. The van der Waals surface area contributed by atoms with E-state index >= 15 is 0 Å². The van der Waals surface area contributed by atoms with Gasteiger partial charge in [-0.2, -0.15) is 5.10 Å². The molecule has 0 aromatic heterocycles. The predicted octanol–water partition coefficient (Wildman–Crippen LogP) is 6.72. The van der Waals surface area contributed by atoms with E-state index in [4.69, 9.17) is 16.3 Å². The van der Waals surface area contributed by atoms with Crippen molar-refractivity contribution in [2.75, 3.05) is 11.9 Å². The van der Waals surface area contributed by atoms with Gasteiger partial charge in [0.1, 0.15) is 5.75 Å². The second-order valence-electron chi connectivity index (χ2n) is 6.82. The Kier molecular flexibility index (Phi) is 9.08. The quantitative estimate of drug-likeness (QED) is 0.219. The van der Waals surface area contributed by atoms with Gasteiger partial charge in [0.15, 0.2) is 6.61 Å². The number of hydrogen-bond donors (Lipinski definition) is 2. The van der Waals surface area contributed by atoms with Crippen molar-refractivity contribution in [2.24, 2.45) is 5.10 Å². The molecule has 0 saturated heterocycles. The summed E-state index contributed by atoms with van der Waals surface area (Å²) in [6.45, 7) is 1.69. The summed E-state index contributed by atoms with van der Waals surface area (Å²) in [6, 6.07) is 15.7. The minimum atomic E-state index is -0.324. The zero-order valence-corrected chi connectivity index (χ0v) is 22.7. The standard InChI is InChI=1S/C23H17Br3ClN3O3/c1-13-2-7-17(10-20(13)27)29-21(31)12-33-22-18(25)8-14(9-19(22)26)11-28-30-23(32)15-3-5-16(24)6-4-15/h2-11H,12H2,1H3,(H,29,31)(H,30,32)/b28-11+. The van der Waals surface area contributed by atoms with Crippen molar-refractivity contribution in [1.29, 1.82) is 0 Å². The molecule has 3 aromatic carbocycles. The Bertz CT molecular complexity index is 1190. The van der Waals surface area contributed by atoms with Crippen molar-refractivity contribution < 1.29 is 14.3 Å². The maximum atomic E-state index is 12.2. The van der Waals surface area contributed by atoms with E-state index < -0.39 is 0 Å². The van der Waals surface area contributed by atoms with Crippen LogP contribution in [0, 0.1) is 6.92 Å². The first kappa shape index (κ1) is 25.4. The lowest BCUT2D eigenvalue weighted by Gasteiger charge is -2.12. The van der Waals surface area contributed by atoms with E-state index in [0.29, 0.717) is 36.5 Å². The SMILES string of the molecule is Cc1ccc(NC(=O)COc2c(Br)cc(/C=N/NC(=O)c3ccc(Br)cc3)cc2Br)cc1Cl. The number of hydrogen-bond acceptors (Lipinski definition) is 4. The summed E-state index contributed by atoms with van der Waals surface area (Å²) in [4.78, 5) is 24.4. The Labute approximate surface area is 221 Å². The van der Waals surface area contributed by atoms with Crippen molar-refractivity contribution in [3.05, 3.63) is 89.7 Å². The molecule has 0 fully saturated rings. The van der Waals surface area contributed by atoms with Crippen LogP contribution in [-0.2, 0) is 4.79 Å². The minimum absolute atomic E-state index is 0.195. The van der Waals surface area contributed by atoms with Crippen LogP contribution in [0.3, 0.4) is 0 Å². The lowest BCUT2D eigenvalue weighted by atomic mass is 10.2. The zero-order chi connectivity index (χ0) is 24.0. The minimum Gasteiger partial charge on any atom is -0.481 e. The Morgan fingerprint density at radius 3 is 2.33 bits per heavy atom. The fourth-order valence-corrected chi connectivity index (χ4v) is 4.52. The largest absolute Gasteiger partial charge is 0.481 e. The fourth-order valence-electron chi connectivity index (χ4n) is 2.63. The molecule has 0 aliphatic rings. The fraction of sp³-hybridized carbons (Fsp3) is 0.0870. The number of hydrazone groups is 1. The van der Waals surface area contributed by atoms with Crippen LogP contribution < -0.4 is 15.5 Å². The predicted molar refractivity (Wildman–Crippen MR) is 141 cm³/mol. The molecular weight excluding hydrogens is 641 g/mol. The second-order valence-corrected chi connectivity index (χ2v) is 9.85. The van der Waals surface area contributed by atoms with E-state index in [9.17, 15) is 9.59 Å². The molecule has 10 heteroatoms. The molecule has 0 saturated carbocycles. The first-order chi connectivity index (χ1) is 15.7. The van der Waals surface area contributed by atoms with Gasteiger partial charge in [0.2, 0.25) is 0 Å². The lowest BCUT2D eigenvalue weighted by molar-refractivity contribution is -0.118. The van der Waals surface area contributed by atoms with E-state index in [1.54, 1.807) is 48.5 Å². The average molecular weight is 659 g/mol. The maximum absolute atomic E-state index is 12.2. The summed E-state index contributed by atoms with van der Waals surface area (Å²) in [5, 5.41) is 7.31. The highest BCUT2D eigenvalue weighted by atomic mass is 79.9. The van der Waals surface area contributed by atoms with Crippen LogP contribution in [0.1, 0.15) is 21.5 Å². The molecule has 33 heavy (non-hydrogen) atoms. The number of halogens is 4. The third-order valence-electron chi connectivity index (χ3n) is 4.31. The van der Waals surface area contributed by atoms with Crippen LogP contribution >= 0.6 is 59.4 Å². The molecule has 0 heterocycles. The van der Waals surface area contributed by atoms with E-state index in [0.717, 1.165) is 10.0 Å². The summed E-state index contributed by atoms with van der Waals surface area (Å²) >= 11 is 16.3. The lowest BCUT2D eigenvalue weighted by Crippen LogP contribution is -2.20. The Morgan fingerprint density at radius 2 is 1.70 bits per heavy atom. The van der Waals surface area contributed by atoms with Gasteiger partial charge in [-0.05, 0) is 98.4 Å². The Morgan fingerprint density at radius 1 is 1.03 bits per heavy atom. The average Bonchev–Trinajstić information content (AvgIpc) is 2.76. The number of anilines is 1. The molecule has 0 atom stereocenters. The molecule has 6 nitrogen and oxygen atoms in total. The van der Waals surface area contributed by atoms with Crippen LogP contribution in [0.25, 0.3) is 0 Å². The molecule has 3 rings (SSSR count). The summed E-state index contributed by atoms with van der Waals surface area (Å²) in [6.07, 6.45) is 1.50. The van der Waals surface area contributed by atoms with Crippen LogP contribution in [0.2, 0.25) is 5.02 Å². The molecule has 0 aliphatic carbocycles. The summed E-state index contributed by atoms with van der Waals surface area (Å²) in [5.74, 6) is -0.184. The third-order valence-corrected chi connectivity index (χ3v) is 6.42. The van der Waals surface area contributed by atoms with Gasteiger partial charge < -0.3 is 10.1 Å². The highest BCUT2D eigenvalue weighted by molar-refractivity contribution is 9.11. The van der Waals surface area contributed by atoms with Gasteiger partial charge in [-0.15, -0.1) is 0 Å². The van der Waals surface area contributed by atoms with Gasteiger partial charge in [-0.25, -0.2) is 5.43 Å². The number of ether oxygens (including phenoxy) is 1. The van der Waals surface area contributed by atoms with Crippen molar-refractivity contribution in [3.8, 4) is 5.75 Å².